The summed E-state index contributed by atoms with van der Waals surface area (Å²) in [4.78, 5) is 11.4. The molecule has 2 N–H and O–H groups in total. The van der Waals surface area contributed by atoms with E-state index in [4.69, 9.17) is 0 Å². The van der Waals surface area contributed by atoms with Gasteiger partial charge in [0.1, 0.15) is 0 Å². The second-order valence-electron chi connectivity index (χ2n) is 3.42. The molecular weight excluding hydrogens is 268 g/mol. The molecule has 0 heterocycles. The lowest BCUT2D eigenvalue weighted by molar-refractivity contribution is 0.239. The Labute approximate surface area is 104 Å². The number of halogens is 1. The summed E-state index contributed by atoms with van der Waals surface area (Å²) in [5.74, 6) is 0. The van der Waals surface area contributed by atoms with Crippen molar-refractivity contribution in [3.8, 4) is 0 Å². The van der Waals surface area contributed by atoms with Crippen LogP contribution in [0.15, 0.2) is 41.4 Å². The molecule has 0 aliphatic carbocycles. The molecule has 1 unspecified atom stereocenters. The molecule has 1 aromatic rings. The fourth-order valence-electron chi connectivity index (χ4n) is 1.25. The quantitative estimate of drug-likeness (QED) is 0.819. The van der Waals surface area contributed by atoms with Crippen molar-refractivity contribution in [1.82, 2.24) is 10.6 Å². The molecule has 4 heteroatoms. The van der Waals surface area contributed by atoms with E-state index >= 15 is 0 Å². The number of benzene rings is 1. The Morgan fingerprint density at radius 2 is 2.12 bits per heavy atom. The van der Waals surface area contributed by atoms with Gasteiger partial charge in [-0.1, -0.05) is 34.1 Å². The molecule has 2 amide bonds. The summed E-state index contributed by atoms with van der Waals surface area (Å²) in [6.07, 6.45) is 1.64. The van der Waals surface area contributed by atoms with Gasteiger partial charge in [-0.2, -0.15) is 0 Å². The van der Waals surface area contributed by atoms with Gasteiger partial charge < -0.3 is 10.6 Å². The lowest BCUT2D eigenvalue weighted by Gasteiger charge is -2.14. The molecule has 86 valence electrons. The molecule has 0 aliphatic rings. The summed E-state index contributed by atoms with van der Waals surface area (Å²) in [5, 5.41) is 5.50. The van der Waals surface area contributed by atoms with Crippen molar-refractivity contribution in [1.29, 1.82) is 0 Å². The maximum Gasteiger partial charge on any atom is 0.315 e. The van der Waals surface area contributed by atoms with Crippen LogP contribution in [0.4, 0.5) is 4.79 Å². The Kier molecular flexibility index (Phi) is 5.05. The molecule has 3 nitrogen and oxygen atoms in total. The van der Waals surface area contributed by atoms with Gasteiger partial charge >= 0.3 is 6.03 Å². The first-order valence-electron chi connectivity index (χ1n) is 5.04. The fraction of sp³-hybridized carbons (Fsp3) is 0.250. The number of hydrogen-bond acceptors (Lipinski definition) is 1. The average Bonchev–Trinajstić information content (AvgIpc) is 2.27. The first kappa shape index (κ1) is 12.8. The maximum absolute atomic E-state index is 11.4. The fourth-order valence-corrected chi connectivity index (χ4v) is 1.51. The second-order valence-corrected chi connectivity index (χ2v) is 4.33. The Balaban J connectivity index is 2.51. The minimum absolute atomic E-state index is 0.0158. The van der Waals surface area contributed by atoms with Crippen LogP contribution in [0.25, 0.3) is 0 Å². The summed E-state index contributed by atoms with van der Waals surface area (Å²) < 4.78 is 1.03. The van der Waals surface area contributed by atoms with Crippen LogP contribution in [-0.2, 0) is 0 Å². The van der Waals surface area contributed by atoms with Crippen molar-refractivity contribution < 1.29 is 4.79 Å². The van der Waals surface area contributed by atoms with Gasteiger partial charge in [0.15, 0.2) is 0 Å². The smallest absolute Gasteiger partial charge is 0.315 e. The summed E-state index contributed by atoms with van der Waals surface area (Å²) in [6.45, 7) is 5.94. The number of urea groups is 1. The molecule has 0 bridgehead atoms. The minimum atomic E-state index is -0.185. The van der Waals surface area contributed by atoms with Crippen LogP contribution < -0.4 is 10.6 Å². The van der Waals surface area contributed by atoms with Crippen LogP contribution in [0.3, 0.4) is 0 Å². The monoisotopic (exact) mass is 282 g/mol. The van der Waals surface area contributed by atoms with E-state index in [1.165, 1.54) is 0 Å². The molecule has 1 rings (SSSR count). The first-order chi connectivity index (χ1) is 7.63. The van der Waals surface area contributed by atoms with Crippen LogP contribution in [0.1, 0.15) is 18.5 Å². The van der Waals surface area contributed by atoms with Crippen molar-refractivity contribution in [3.05, 3.63) is 47.0 Å². The third-order valence-corrected chi connectivity index (χ3v) is 2.65. The van der Waals surface area contributed by atoms with Crippen molar-refractivity contribution >= 4 is 22.0 Å². The molecule has 0 saturated heterocycles. The van der Waals surface area contributed by atoms with Gasteiger partial charge in [0.2, 0.25) is 0 Å². The third kappa shape index (κ3) is 4.06. The highest BCUT2D eigenvalue weighted by atomic mass is 79.9. The van der Waals surface area contributed by atoms with Gasteiger partial charge in [0.25, 0.3) is 0 Å². The van der Waals surface area contributed by atoms with Gasteiger partial charge in [0, 0.05) is 11.0 Å². The highest BCUT2D eigenvalue weighted by Crippen LogP contribution is 2.16. The Morgan fingerprint density at radius 1 is 1.50 bits per heavy atom. The lowest BCUT2D eigenvalue weighted by Crippen LogP contribution is -2.36. The van der Waals surface area contributed by atoms with Crippen molar-refractivity contribution in [2.75, 3.05) is 6.54 Å². The standard InChI is InChI=1S/C12H15BrN2O/c1-3-8-14-12(16)15-9(2)10-4-6-11(13)7-5-10/h3-7,9H,1,8H2,2H3,(H2,14,15,16). The number of amides is 2. The molecule has 0 aliphatic heterocycles. The van der Waals surface area contributed by atoms with E-state index in [9.17, 15) is 4.79 Å². The third-order valence-electron chi connectivity index (χ3n) is 2.12. The molecular formula is C12H15BrN2O. The number of carbonyl (C=O) groups excluding carboxylic acids is 1. The highest BCUT2D eigenvalue weighted by Gasteiger charge is 2.07. The Morgan fingerprint density at radius 3 is 2.69 bits per heavy atom. The number of nitrogens with one attached hydrogen (secondary N) is 2. The molecule has 0 fully saturated rings. The Hall–Kier alpha value is -1.29. The van der Waals surface area contributed by atoms with E-state index in [0.717, 1.165) is 10.0 Å². The van der Waals surface area contributed by atoms with E-state index in [1.54, 1.807) is 6.08 Å². The van der Waals surface area contributed by atoms with Crippen molar-refractivity contribution in [2.24, 2.45) is 0 Å². The van der Waals surface area contributed by atoms with Crippen molar-refractivity contribution in [3.63, 3.8) is 0 Å². The first-order valence-corrected chi connectivity index (χ1v) is 5.83. The molecule has 0 radical (unpaired) electrons. The largest absolute Gasteiger partial charge is 0.335 e. The molecule has 0 saturated carbocycles. The van der Waals surface area contributed by atoms with E-state index < -0.39 is 0 Å². The summed E-state index contributed by atoms with van der Waals surface area (Å²) in [6, 6.07) is 7.66. The van der Waals surface area contributed by atoms with Crippen LogP contribution >= 0.6 is 15.9 Å². The average molecular weight is 283 g/mol. The van der Waals surface area contributed by atoms with Crippen LogP contribution in [0.5, 0.6) is 0 Å². The zero-order valence-corrected chi connectivity index (χ0v) is 10.8. The predicted molar refractivity (Wildman–Crippen MR) is 69.3 cm³/mol. The van der Waals surface area contributed by atoms with Gasteiger partial charge in [-0.05, 0) is 24.6 Å². The van der Waals surface area contributed by atoms with Crippen molar-refractivity contribution in [2.45, 2.75) is 13.0 Å². The highest BCUT2D eigenvalue weighted by molar-refractivity contribution is 9.10. The number of carbonyl (C=O) groups is 1. The maximum atomic E-state index is 11.4. The molecule has 1 atom stereocenters. The lowest BCUT2D eigenvalue weighted by atomic mass is 10.1. The van der Waals surface area contributed by atoms with E-state index in [0.29, 0.717) is 6.54 Å². The summed E-state index contributed by atoms with van der Waals surface area (Å²) in [5.41, 5.74) is 1.07. The van der Waals surface area contributed by atoms with Gasteiger partial charge in [-0.15, -0.1) is 6.58 Å². The SMILES string of the molecule is C=CCNC(=O)NC(C)c1ccc(Br)cc1. The molecule has 0 spiro atoms. The normalized spacial score (nSPS) is 11.6. The summed E-state index contributed by atoms with van der Waals surface area (Å²) in [7, 11) is 0. The van der Waals surface area contributed by atoms with E-state index in [-0.39, 0.29) is 12.1 Å². The van der Waals surface area contributed by atoms with Crippen LogP contribution in [0, 0.1) is 0 Å². The van der Waals surface area contributed by atoms with Gasteiger partial charge in [0.05, 0.1) is 6.04 Å². The van der Waals surface area contributed by atoms with Gasteiger partial charge in [-0.25, -0.2) is 4.79 Å². The topological polar surface area (TPSA) is 41.1 Å². The molecule has 16 heavy (non-hydrogen) atoms. The number of rotatable bonds is 4. The van der Waals surface area contributed by atoms with Crippen LogP contribution in [0.2, 0.25) is 0 Å². The minimum Gasteiger partial charge on any atom is -0.335 e. The van der Waals surface area contributed by atoms with E-state index in [1.807, 2.05) is 31.2 Å². The molecule has 1 aromatic carbocycles. The molecule has 0 aromatic heterocycles. The summed E-state index contributed by atoms with van der Waals surface area (Å²) >= 11 is 3.37. The number of hydrogen-bond donors (Lipinski definition) is 2. The second kappa shape index (κ2) is 6.33. The zero-order chi connectivity index (χ0) is 12.0. The van der Waals surface area contributed by atoms with E-state index in [2.05, 4.69) is 33.1 Å². The Bertz CT molecular complexity index is 362. The zero-order valence-electron chi connectivity index (χ0n) is 9.16. The van der Waals surface area contributed by atoms with Gasteiger partial charge in [-0.3, -0.25) is 0 Å². The van der Waals surface area contributed by atoms with Crippen LogP contribution in [-0.4, -0.2) is 12.6 Å². The predicted octanol–water partition coefficient (Wildman–Crippen LogP) is 3.00.